The van der Waals surface area contributed by atoms with Gasteiger partial charge in [-0.05, 0) is 24.9 Å². The normalized spacial score (nSPS) is 23.2. The van der Waals surface area contributed by atoms with Gasteiger partial charge < -0.3 is 9.84 Å². The molecule has 1 aromatic rings. The highest BCUT2D eigenvalue weighted by Crippen LogP contribution is 2.39. The smallest absolute Gasteiger partial charge is 0.311 e. The number of benzene rings is 1. The number of carboxylic acid groups (broad SMARTS) is 1. The van der Waals surface area contributed by atoms with Crippen LogP contribution < -0.4 is 4.74 Å². The summed E-state index contributed by atoms with van der Waals surface area (Å²) in [5.74, 6) is 0.336. The first-order valence-corrected chi connectivity index (χ1v) is 7.07. The summed E-state index contributed by atoms with van der Waals surface area (Å²) >= 11 is 0. The van der Waals surface area contributed by atoms with Crippen LogP contribution in [0.1, 0.15) is 25.8 Å². The Morgan fingerprint density at radius 1 is 1.45 bits per heavy atom. The summed E-state index contributed by atoms with van der Waals surface area (Å²) in [5.41, 5.74) is 0.502. The van der Waals surface area contributed by atoms with Crippen molar-refractivity contribution in [2.24, 2.45) is 11.3 Å². The molecule has 1 unspecified atom stereocenters. The SMILES string of the molecule is COc1ccccc1CN1CCC(C(=O)O)(C(C)C)C1. The van der Waals surface area contributed by atoms with Crippen molar-refractivity contribution in [3.05, 3.63) is 29.8 Å². The van der Waals surface area contributed by atoms with Gasteiger partial charge in [0.1, 0.15) is 5.75 Å². The average molecular weight is 277 g/mol. The van der Waals surface area contributed by atoms with Gasteiger partial charge in [-0.2, -0.15) is 0 Å². The van der Waals surface area contributed by atoms with Gasteiger partial charge >= 0.3 is 5.97 Å². The van der Waals surface area contributed by atoms with E-state index in [1.165, 1.54) is 0 Å². The molecule has 0 saturated carbocycles. The lowest BCUT2D eigenvalue weighted by Crippen LogP contribution is -2.39. The van der Waals surface area contributed by atoms with Crippen LogP contribution in [0.25, 0.3) is 0 Å². The number of nitrogens with zero attached hydrogens (tertiary/aromatic N) is 1. The Balaban J connectivity index is 2.12. The number of carbonyl (C=O) groups is 1. The third kappa shape index (κ3) is 2.66. The highest BCUT2D eigenvalue weighted by Gasteiger charge is 2.47. The fraction of sp³-hybridized carbons (Fsp3) is 0.562. The highest BCUT2D eigenvalue weighted by atomic mass is 16.5. The summed E-state index contributed by atoms with van der Waals surface area (Å²) in [6.45, 7) is 6.17. The van der Waals surface area contributed by atoms with Gasteiger partial charge in [-0.3, -0.25) is 9.69 Å². The van der Waals surface area contributed by atoms with Gasteiger partial charge in [-0.25, -0.2) is 0 Å². The van der Waals surface area contributed by atoms with Gasteiger partial charge in [0.2, 0.25) is 0 Å². The summed E-state index contributed by atoms with van der Waals surface area (Å²) in [7, 11) is 1.67. The lowest BCUT2D eigenvalue weighted by atomic mass is 9.76. The monoisotopic (exact) mass is 277 g/mol. The second kappa shape index (κ2) is 5.83. The van der Waals surface area contributed by atoms with E-state index in [4.69, 9.17) is 4.74 Å². The Kier molecular flexibility index (Phi) is 4.33. The number of ether oxygens (including phenoxy) is 1. The minimum absolute atomic E-state index is 0.141. The van der Waals surface area contributed by atoms with Gasteiger partial charge in [0.15, 0.2) is 0 Å². The molecule has 1 aliphatic rings. The van der Waals surface area contributed by atoms with E-state index in [0.717, 1.165) is 30.8 Å². The summed E-state index contributed by atoms with van der Waals surface area (Å²) in [5, 5.41) is 9.57. The van der Waals surface area contributed by atoms with Crippen molar-refractivity contribution in [2.75, 3.05) is 20.2 Å². The topological polar surface area (TPSA) is 49.8 Å². The number of methoxy groups -OCH3 is 1. The Hall–Kier alpha value is -1.55. The zero-order valence-corrected chi connectivity index (χ0v) is 12.4. The Bertz CT molecular complexity index is 486. The van der Waals surface area contributed by atoms with Gasteiger partial charge in [0, 0.05) is 18.7 Å². The van der Waals surface area contributed by atoms with Crippen LogP contribution >= 0.6 is 0 Å². The molecule has 2 rings (SSSR count). The van der Waals surface area contributed by atoms with Crippen LogP contribution in [0.15, 0.2) is 24.3 Å². The molecular weight excluding hydrogens is 254 g/mol. The van der Waals surface area contributed by atoms with E-state index >= 15 is 0 Å². The van der Waals surface area contributed by atoms with Gasteiger partial charge in [0.05, 0.1) is 12.5 Å². The molecule has 1 fully saturated rings. The molecule has 0 spiro atoms. The fourth-order valence-electron chi connectivity index (χ4n) is 3.02. The van der Waals surface area contributed by atoms with Crippen molar-refractivity contribution in [1.82, 2.24) is 4.90 Å². The highest BCUT2D eigenvalue weighted by molar-refractivity contribution is 5.75. The Morgan fingerprint density at radius 3 is 2.70 bits per heavy atom. The number of hydrogen-bond acceptors (Lipinski definition) is 3. The van der Waals surface area contributed by atoms with Crippen LogP contribution in [0, 0.1) is 11.3 Å². The van der Waals surface area contributed by atoms with Crippen molar-refractivity contribution in [3.8, 4) is 5.75 Å². The van der Waals surface area contributed by atoms with E-state index in [-0.39, 0.29) is 5.92 Å². The van der Waals surface area contributed by atoms with Crippen LogP contribution in [0.3, 0.4) is 0 Å². The summed E-state index contributed by atoms with van der Waals surface area (Å²) in [4.78, 5) is 13.8. The predicted molar refractivity (Wildman–Crippen MR) is 77.8 cm³/mol. The third-order valence-corrected chi connectivity index (χ3v) is 4.50. The fourth-order valence-corrected chi connectivity index (χ4v) is 3.02. The minimum Gasteiger partial charge on any atom is -0.496 e. The summed E-state index contributed by atoms with van der Waals surface area (Å²) in [6, 6.07) is 7.91. The third-order valence-electron chi connectivity index (χ3n) is 4.50. The average Bonchev–Trinajstić information content (AvgIpc) is 2.85. The molecule has 0 bridgehead atoms. The molecule has 0 amide bonds. The van der Waals surface area contributed by atoms with Gasteiger partial charge in [0.25, 0.3) is 0 Å². The molecule has 20 heavy (non-hydrogen) atoms. The lowest BCUT2D eigenvalue weighted by molar-refractivity contribution is -0.151. The van der Waals surface area contributed by atoms with Crippen LogP contribution in [-0.2, 0) is 11.3 Å². The van der Waals surface area contributed by atoms with E-state index in [1.807, 2.05) is 38.1 Å². The number of hydrogen-bond donors (Lipinski definition) is 1. The first-order chi connectivity index (χ1) is 9.49. The Labute approximate surface area is 120 Å². The first kappa shape index (κ1) is 14.9. The van der Waals surface area contributed by atoms with Crippen molar-refractivity contribution < 1.29 is 14.6 Å². The number of carboxylic acids is 1. The maximum Gasteiger partial charge on any atom is 0.311 e. The van der Waals surface area contributed by atoms with E-state index in [1.54, 1.807) is 7.11 Å². The van der Waals surface area contributed by atoms with E-state index in [9.17, 15) is 9.90 Å². The molecule has 4 heteroatoms. The number of aliphatic carboxylic acids is 1. The van der Waals surface area contributed by atoms with Crippen LogP contribution in [0.5, 0.6) is 5.75 Å². The first-order valence-electron chi connectivity index (χ1n) is 7.07. The standard InChI is InChI=1S/C16H23NO3/c1-12(2)16(15(18)19)8-9-17(11-16)10-13-6-4-5-7-14(13)20-3/h4-7,12H,8-11H2,1-3H3,(H,18,19). The number of rotatable bonds is 5. The van der Waals surface area contributed by atoms with E-state index in [0.29, 0.717) is 6.54 Å². The van der Waals surface area contributed by atoms with Gasteiger partial charge in [-0.15, -0.1) is 0 Å². The van der Waals surface area contributed by atoms with Gasteiger partial charge in [-0.1, -0.05) is 32.0 Å². The predicted octanol–water partition coefficient (Wildman–Crippen LogP) is 2.63. The maximum atomic E-state index is 11.6. The molecule has 1 saturated heterocycles. The molecule has 0 aliphatic carbocycles. The molecular formula is C16H23NO3. The number of likely N-dealkylation sites (tertiary alicyclic amines) is 1. The molecule has 110 valence electrons. The summed E-state index contributed by atoms with van der Waals surface area (Å²) < 4.78 is 5.36. The zero-order chi connectivity index (χ0) is 14.8. The van der Waals surface area contributed by atoms with Crippen LogP contribution in [0.2, 0.25) is 0 Å². The second-order valence-electron chi connectivity index (χ2n) is 5.89. The van der Waals surface area contributed by atoms with Crippen molar-refractivity contribution in [2.45, 2.75) is 26.8 Å². The molecule has 1 N–H and O–H groups in total. The molecule has 0 aromatic heterocycles. The molecule has 1 aromatic carbocycles. The van der Waals surface area contributed by atoms with Crippen molar-refractivity contribution in [1.29, 1.82) is 0 Å². The van der Waals surface area contributed by atoms with Crippen molar-refractivity contribution in [3.63, 3.8) is 0 Å². The van der Waals surface area contributed by atoms with Crippen molar-refractivity contribution >= 4 is 5.97 Å². The molecule has 1 atom stereocenters. The van der Waals surface area contributed by atoms with E-state index < -0.39 is 11.4 Å². The summed E-state index contributed by atoms with van der Waals surface area (Å²) in [6.07, 6.45) is 0.717. The Morgan fingerprint density at radius 2 is 2.15 bits per heavy atom. The zero-order valence-electron chi connectivity index (χ0n) is 12.4. The van der Waals surface area contributed by atoms with Crippen LogP contribution in [-0.4, -0.2) is 36.2 Å². The minimum atomic E-state index is -0.671. The molecule has 1 aliphatic heterocycles. The maximum absolute atomic E-state index is 11.6. The lowest BCUT2D eigenvalue weighted by Gasteiger charge is -2.29. The largest absolute Gasteiger partial charge is 0.496 e. The van der Waals surface area contributed by atoms with E-state index in [2.05, 4.69) is 4.90 Å². The molecule has 1 heterocycles. The second-order valence-corrected chi connectivity index (χ2v) is 5.89. The molecule has 4 nitrogen and oxygen atoms in total. The van der Waals surface area contributed by atoms with Crippen LogP contribution in [0.4, 0.5) is 0 Å². The number of para-hydroxylation sites is 1. The molecule has 0 radical (unpaired) electrons. The quantitative estimate of drug-likeness (QED) is 0.899.